The summed E-state index contributed by atoms with van der Waals surface area (Å²) < 4.78 is 1.97. The molecule has 1 aliphatic heterocycles. The molecule has 1 aromatic heterocycles. The molecular formula is C19H28N4O2. The summed E-state index contributed by atoms with van der Waals surface area (Å²) in [4.78, 5) is 14.0. The molecule has 6 rings (SSSR count). The van der Waals surface area contributed by atoms with Crippen molar-refractivity contribution in [3.05, 3.63) is 11.6 Å². The van der Waals surface area contributed by atoms with E-state index in [9.17, 15) is 9.90 Å². The van der Waals surface area contributed by atoms with Crippen LogP contribution in [-0.4, -0.2) is 43.3 Å². The quantitative estimate of drug-likeness (QED) is 0.908. The first kappa shape index (κ1) is 15.8. The molecule has 4 bridgehead atoms. The molecule has 0 spiro atoms. The Morgan fingerprint density at radius 3 is 2.40 bits per heavy atom. The fourth-order valence-corrected chi connectivity index (χ4v) is 6.81. The second-order valence-electron chi connectivity index (χ2n) is 9.27. The van der Waals surface area contributed by atoms with Gasteiger partial charge in [-0.25, -0.2) is 0 Å². The number of rotatable bonds is 4. The van der Waals surface area contributed by atoms with Crippen LogP contribution in [0.5, 0.6) is 0 Å². The predicted molar refractivity (Wildman–Crippen MR) is 91.8 cm³/mol. The van der Waals surface area contributed by atoms with Gasteiger partial charge in [-0.1, -0.05) is 0 Å². The Labute approximate surface area is 148 Å². The molecule has 1 atom stereocenters. The Morgan fingerprint density at radius 1 is 1.16 bits per heavy atom. The number of aromatic nitrogens is 3. The number of nitrogens with zero attached hydrogens (tertiary/aromatic N) is 4. The highest BCUT2D eigenvalue weighted by Crippen LogP contribution is 2.61. The van der Waals surface area contributed by atoms with Crippen molar-refractivity contribution >= 4 is 5.97 Å². The van der Waals surface area contributed by atoms with Crippen molar-refractivity contribution in [2.45, 2.75) is 71.0 Å². The molecule has 2 heterocycles. The van der Waals surface area contributed by atoms with E-state index in [0.717, 1.165) is 42.4 Å². The van der Waals surface area contributed by atoms with Gasteiger partial charge in [0.15, 0.2) is 0 Å². The zero-order valence-corrected chi connectivity index (χ0v) is 15.0. The fraction of sp³-hybridized carbons (Fsp3) is 0.842. The lowest BCUT2D eigenvalue weighted by Gasteiger charge is -2.57. The molecule has 6 heteroatoms. The molecule has 0 saturated heterocycles. The van der Waals surface area contributed by atoms with Crippen molar-refractivity contribution in [3.8, 4) is 0 Å². The minimum Gasteiger partial charge on any atom is -0.480 e. The molecule has 0 radical (unpaired) electrons. The Morgan fingerprint density at radius 2 is 1.80 bits per heavy atom. The number of hydrogen-bond donors (Lipinski definition) is 1. The summed E-state index contributed by atoms with van der Waals surface area (Å²) in [5.74, 6) is 3.88. The smallest absolute Gasteiger partial charge is 0.322 e. The number of aryl methyl sites for hydroxylation is 1. The number of fused-ring (bicyclic) bond motifs is 1. The Balaban J connectivity index is 1.32. The van der Waals surface area contributed by atoms with Crippen LogP contribution < -0.4 is 0 Å². The van der Waals surface area contributed by atoms with Crippen molar-refractivity contribution in [1.82, 2.24) is 19.7 Å². The lowest BCUT2D eigenvalue weighted by atomic mass is 9.49. The first-order chi connectivity index (χ1) is 12.0. The van der Waals surface area contributed by atoms with E-state index < -0.39 is 12.0 Å². The van der Waals surface area contributed by atoms with Gasteiger partial charge in [0, 0.05) is 6.54 Å². The van der Waals surface area contributed by atoms with Crippen LogP contribution in [0.4, 0.5) is 0 Å². The zero-order chi connectivity index (χ0) is 17.2. The number of hydrogen-bond acceptors (Lipinski definition) is 4. The first-order valence-corrected chi connectivity index (χ1v) is 9.87. The van der Waals surface area contributed by atoms with Gasteiger partial charge in [0.05, 0.1) is 13.1 Å². The van der Waals surface area contributed by atoms with E-state index in [0.29, 0.717) is 18.5 Å². The topological polar surface area (TPSA) is 71.2 Å². The molecule has 5 aliphatic rings. The lowest BCUT2D eigenvalue weighted by molar-refractivity contribution is -0.145. The second kappa shape index (κ2) is 5.53. The third-order valence-electron chi connectivity index (χ3n) is 7.53. The van der Waals surface area contributed by atoms with Gasteiger partial charge >= 0.3 is 5.97 Å². The molecule has 6 nitrogen and oxygen atoms in total. The average Bonchev–Trinajstić information content (AvgIpc) is 2.91. The SMILES string of the molecule is Cc1nnc2n1CC(C(=O)O)N(CCC13CC4CC(CC(C4)C1)C3)C2. The highest BCUT2D eigenvalue weighted by Gasteiger charge is 2.50. The fourth-order valence-electron chi connectivity index (χ4n) is 6.81. The average molecular weight is 344 g/mol. The summed E-state index contributed by atoms with van der Waals surface area (Å²) >= 11 is 0. The maximum atomic E-state index is 11.8. The minimum atomic E-state index is -0.718. The molecule has 1 unspecified atom stereocenters. The molecule has 1 N–H and O–H groups in total. The monoisotopic (exact) mass is 344 g/mol. The maximum absolute atomic E-state index is 11.8. The van der Waals surface area contributed by atoms with E-state index in [4.69, 9.17) is 0 Å². The molecule has 0 aromatic carbocycles. The van der Waals surface area contributed by atoms with Gasteiger partial charge in [-0.3, -0.25) is 9.69 Å². The molecule has 136 valence electrons. The molecule has 4 saturated carbocycles. The predicted octanol–water partition coefficient (Wildman–Crippen LogP) is 2.46. The molecule has 4 aliphatic carbocycles. The Hall–Kier alpha value is -1.43. The third kappa shape index (κ3) is 2.60. The zero-order valence-electron chi connectivity index (χ0n) is 15.0. The van der Waals surface area contributed by atoms with E-state index in [1.807, 2.05) is 11.5 Å². The number of carboxylic acid groups (broad SMARTS) is 1. The molecule has 0 amide bonds. The summed E-state index contributed by atoms with van der Waals surface area (Å²) in [7, 11) is 0. The second-order valence-corrected chi connectivity index (χ2v) is 9.27. The molecule has 1 aromatic rings. The highest BCUT2D eigenvalue weighted by atomic mass is 16.4. The number of carbonyl (C=O) groups is 1. The summed E-state index contributed by atoms with van der Waals surface area (Å²) in [5, 5.41) is 18.1. The normalized spacial score (nSPS) is 39.6. The van der Waals surface area contributed by atoms with Crippen molar-refractivity contribution in [2.75, 3.05) is 6.54 Å². The largest absolute Gasteiger partial charge is 0.480 e. The van der Waals surface area contributed by atoms with Crippen LogP contribution in [0.2, 0.25) is 0 Å². The van der Waals surface area contributed by atoms with E-state index in [2.05, 4.69) is 15.1 Å². The molecule has 25 heavy (non-hydrogen) atoms. The minimum absolute atomic E-state index is 0.448. The maximum Gasteiger partial charge on any atom is 0.322 e. The van der Waals surface area contributed by atoms with Gasteiger partial charge < -0.3 is 9.67 Å². The first-order valence-electron chi connectivity index (χ1n) is 9.87. The Bertz CT molecular complexity index is 662. The third-order valence-corrected chi connectivity index (χ3v) is 7.53. The number of aliphatic carboxylic acids is 1. The van der Waals surface area contributed by atoms with Crippen molar-refractivity contribution in [3.63, 3.8) is 0 Å². The standard InChI is InChI=1S/C19H28N4O2/c1-12-20-21-17-11-22(16(18(24)25)10-23(12)17)3-2-19-7-13-4-14(8-19)6-15(5-13)9-19/h13-16H,2-11H2,1H3,(H,24,25). The van der Waals surface area contributed by atoms with Crippen molar-refractivity contribution < 1.29 is 9.90 Å². The van der Waals surface area contributed by atoms with E-state index in [1.54, 1.807) is 0 Å². The summed E-state index contributed by atoms with van der Waals surface area (Å²) in [6.07, 6.45) is 9.71. The Kier molecular flexibility index (Phi) is 3.50. The van der Waals surface area contributed by atoms with Gasteiger partial charge in [0.25, 0.3) is 0 Å². The summed E-state index contributed by atoms with van der Waals surface area (Å²) in [5.41, 5.74) is 0.499. The van der Waals surface area contributed by atoms with Crippen LogP contribution in [0.3, 0.4) is 0 Å². The van der Waals surface area contributed by atoms with Gasteiger partial charge in [0.1, 0.15) is 17.7 Å². The van der Waals surface area contributed by atoms with Crippen molar-refractivity contribution in [1.29, 1.82) is 0 Å². The van der Waals surface area contributed by atoms with E-state index in [-0.39, 0.29) is 0 Å². The van der Waals surface area contributed by atoms with Gasteiger partial charge in [-0.15, -0.1) is 10.2 Å². The summed E-state index contributed by atoms with van der Waals surface area (Å²) in [6.45, 7) is 3.88. The van der Waals surface area contributed by atoms with Crippen molar-refractivity contribution in [2.24, 2.45) is 23.2 Å². The van der Waals surface area contributed by atoms with E-state index in [1.165, 1.54) is 38.5 Å². The van der Waals surface area contributed by atoms with E-state index >= 15 is 0 Å². The van der Waals surface area contributed by atoms with Crippen LogP contribution in [0.1, 0.15) is 56.6 Å². The van der Waals surface area contributed by atoms with Crippen LogP contribution in [-0.2, 0) is 17.9 Å². The molecular weight excluding hydrogens is 316 g/mol. The lowest BCUT2D eigenvalue weighted by Crippen LogP contribution is -2.51. The van der Waals surface area contributed by atoms with Crippen LogP contribution in [0, 0.1) is 30.1 Å². The highest BCUT2D eigenvalue weighted by molar-refractivity contribution is 5.73. The van der Waals surface area contributed by atoms with Crippen LogP contribution in [0.15, 0.2) is 0 Å². The number of carboxylic acids is 1. The molecule has 4 fully saturated rings. The van der Waals surface area contributed by atoms with Gasteiger partial charge in [-0.2, -0.15) is 0 Å². The van der Waals surface area contributed by atoms with Gasteiger partial charge in [-0.05, 0) is 75.0 Å². The van der Waals surface area contributed by atoms with Crippen LogP contribution >= 0.6 is 0 Å². The van der Waals surface area contributed by atoms with Gasteiger partial charge in [0.2, 0.25) is 0 Å². The van der Waals surface area contributed by atoms with Crippen LogP contribution in [0.25, 0.3) is 0 Å². The summed E-state index contributed by atoms with van der Waals surface area (Å²) in [6, 6.07) is -0.448.